The zero-order chi connectivity index (χ0) is 18.5. The molecule has 0 atom stereocenters. The molecule has 3 rings (SSSR count). The van der Waals surface area contributed by atoms with Gasteiger partial charge in [0.15, 0.2) is 10.8 Å². The van der Waals surface area contributed by atoms with E-state index < -0.39 is 0 Å². The molecule has 1 saturated heterocycles. The van der Waals surface area contributed by atoms with Gasteiger partial charge in [0, 0.05) is 32.0 Å². The van der Waals surface area contributed by atoms with Gasteiger partial charge in [-0.1, -0.05) is 25.6 Å². The standard InChI is InChI=1S/C17H26N6O2S/c1-12(2)26-17-20-15(22-7-4-5-8-22)13-10-19-23(16(13)21-17)9-6-18-14(24)11-25-3/h10,12H,4-9,11H2,1-3H3,(H,18,24). The summed E-state index contributed by atoms with van der Waals surface area (Å²) in [5.41, 5.74) is 0.825. The van der Waals surface area contributed by atoms with E-state index in [9.17, 15) is 4.79 Å². The molecule has 0 aliphatic carbocycles. The van der Waals surface area contributed by atoms with Crippen molar-refractivity contribution < 1.29 is 9.53 Å². The van der Waals surface area contributed by atoms with Crippen LogP contribution in [0.1, 0.15) is 26.7 Å². The summed E-state index contributed by atoms with van der Waals surface area (Å²) in [6.07, 6.45) is 4.22. The van der Waals surface area contributed by atoms with Crippen LogP contribution in [-0.2, 0) is 16.1 Å². The average Bonchev–Trinajstić information content (AvgIpc) is 3.24. The van der Waals surface area contributed by atoms with Crippen LogP contribution in [0.25, 0.3) is 11.0 Å². The molecule has 26 heavy (non-hydrogen) atoms. The molecule has 1 aliphatic heterocycles. The van der Waals surface area contributed by atoms with Crippen molar-refractivity contribution in [3.05, 3.63) is 6.20 Å². The predicted octanol–water partition coefficient (Wildman–Crippen LogP) is 1.69. The summed E-state index contributed by atoms with van der Waals surface area (Å²) in [5.74, 6) is 0.845. The van der Waals surface area contributed by atoms with E-state index in [1.165, 1.54) is 20.0 Å². The Bertz CT molecular complexity index is 757. The summed E-state index contributed by atoms with van der Waals surface area (Å²) >= 11 is 1.66. The lowest BCUT2D eigenvalue weighted by molar-refractivity contribution is -0.124. The Labute approximate surface area is 157 Å². The monoisotopic (exact) mass is 378 g/mol. The molecule has 142 valence electrons. The summed E-state index contributed by atoms with van der Waals surface area (Å²) in [7, 11) is 1.51. The molecule has 2 aromatic rings. The predicted molar refractivity (Wildman–Crippen MR) is 103 cm³/mol. The Morgan fingerprint density at radius 2 is 2.12 bits per heavy atom. The van der Waals surface area contributed by atoms with Crippen LogP contribution < -0.4 is 10.2 Å². The molecular weight excluding hydrogens is 352 g/mol. The van der Waals surface area contributed by atoms with Gasteiger partial charge >= 0.3 is 0 Å². The Hall–Kier alpha value is -1.87. The van der Waals surface area contributed by atoms with Gasteiger partial charge < -0.3 is 15.0 Å². The van der Waals surface area contributed by atoms with Crippen molar-refractivity contribution in [3.8, 4) is 0 Å². The molecule has 1 N–H and O–H groups in total. The molecular formula is C17H26N6O2S. The molecule has 8 nitrogen and oxygen atoms in total. The first kappa shape index (κ1) is 18.9. The fourth-order valence-corrected chi connectivity index (χ4v) is 3.70. The van der Waals surface area contributed by atoms with E-state index in [-0.39, 0.29) is 12.5 Å². The second kappa shape index (κ2) is 8.68. The maximum absolute atomic E-state index is 11.5. The van der Waals surface area contributed by atoms with E-state index >= 15 is 0 Å². The lowest BCUT2D eigenvalue weighted by Crippen LogP contribution is -2.30. The lowest BCUT2D eigenvalue weighted by Gasteiger charge is -2.18. The van der Waals surface area contributed by atoms with Gasteiger partial charge in [-0.3, -0.25) is 4.79 Å². The topological polar surface area (TPSA) is 85.2 Å². The first-order valence-electron chi connectivity index (χ1n) is 8.99. The average molecular weight is 379 g/mol. The number of fused-ring (bicyclic) bond motifs is 1. The van der Waals surface area contributed by atoms with Crippen molar-refractivity contribution in [2.45, 2.75) is 43.6 Å². The molecule has 1 fully saturated rings. The van der Waals surface area contributed by atoms with Gasteiger partial charge in [-0.15, -0.1) is 0 Å². The van der Waals surface area contributed by atoms with Crippen LogP contribution in [0.15, 0.2) is 11.4 Å². The highest BCUT2D eigenvalue weighted by Gasteiger charge is 2.21. The second-order valence-electron chi connectivity index (χ2n) is 6.58. The van der Waals surface area contributed by atoms with Crippen molar-refractivity contribution in [2.24, 2.45) is 0 Å². The number of nitrogens with one attached hydrogen (secondary N) is 1. The molecule has 0 aromatic carbocycles. The van der Waals surface area contributed by atoms with Crippen LogP contribution in [0, 0.1) is 0 Å². The van der Waals surface area contributed by atoms with E-state index in [1.807, 2.05) is 10.9 Å². The maximum atomic E-state index is 11.5. The number of aromatic nitrogens is 4. The number of carbonyl (C=O) groups excluding carboxylic acids is 1. The van der Waals surface area contributed by atoms with Crippen molar-refractivity contribution in [1.29, 1.82) is 0 Å². The van der Waals surface area contributed by atoms with E-state index in [0.717, 1.165) is 35.1 Å². The summed E-state index contributed by atoms with van der Waals surface area (Å²) in [5, 5.41) is 9.46. The third-order valence-electron chi connectivity index (χ3n) is 4.12. The van der Waals surface area contributed by atoms with Gasteiger partial charge in [0.1, 0.15) is 12.4 Å². The molecule has 0 bridgehead atoms. The largest absolute Gasteiger partial charge is 0.375 e. The highest BCUT2D eigenvalue weighted by molar-refractivity contribution is 7.99. The highest BCUT2D eigenvalue weighted by Crippen LogP contribution is 2.30. The van der Waals surface area contributed by atoms with Crippen molar-refractivity contribution in [3.63, 3.8) is 0 Å². The molecule has 0 radical (unpaired) electrons. The summed E-state index contributed by atoms with van der Waals surface area (Å²) in [6.45, 7) is 7.42. The highest BCUT2D eigenvalue weighted by atomic mass is 32.2. The number of amides is 1. The number of carbonyl (C=O) groups is 1. The van der Waals surface area contributed by atoms with Crippen LogP contribution >= 0.6 is 11.8 Å². The smallest absolute Gasteiger partial charge is 0.246 e. The number of ether oxygens (including phenoxy) is 1. The summed E-state index contributed by atoms with van der Waals surface area (Å²) < 4.78 is 6.66. The molecule has 0 unspecified atom stereocenters. The number of rotatable bonds is 8. The third kappa shape index (κ3) is 4.45. The number of thioether (sulfide) groups is 1. The van der Waals surface area contributed by atoms with Gasteiger partial charge in [-0.2, -0.15) is 5.10 Å². The summed E-state index contributed by atoms with van der Waals surface area (Å²) in [6, 6.07) is 0. The minimum Gasteiger partial charge on any atom is -0.375 e. The van der Waals surface area contributed by atoms with Gasteiger partial charge in [0.2, 0.25) is 5.91 Å². The molecule has 3 heterocycles. The van der Waals surface area contributed by atoms with Gasteiger partial charge in [0.25, 0.3) is 0 Å². The third-order valence-corrected chi connectivity index (χ3v) is 4.99. The van der Waals surface area contributed by atoms with E-state index in [0.29, 0.717) is 18.3 Å². The molecule has 1 amide bonds. The first-order valence-corrected chi connectivity index (χ1v) is 9.87. The zero-order valence-corrected chi connectivity index (χ0v) is 16.4. The van der Waals surface area contributed by atoms with Crippen molar-refractivity contribution >= 4 is 34.5 Å². The molecule has 1 aliphatic rings. The Morgan fingerprint density at radius 3 is 2.81 bits per heavy atom. The molecule has 0 spiro atoms. The van der Waals surface area contributed by atoms with Crippen LogP contribution in [0.4, 0.5) is 5.82 Å². The van der Waals surface area contributed by atoms with Gasteiger partial charge in [-0.05, 0) is 12.8 Å². The fourth-order valence-electron chi connectivity index (χ4n) is 3.00. The molecule has 0 saturated carbocycles. The normalized spacial score (nSPS) is 14.5. The van der Waals surface area contributed by atoms with Gasteiger partial charge in [0.05, 0.1) is 18.1 Å². The van der Waals surface area contributed by atoms with Crippen LogP contribution in [0.3, 0.4) is 0 Å². The quantitative estimate of drug-likeness (QED) is 0.553. The van der Waals surface area contributed by atoms with E-state index in [4.69, 9.17) is 14.7 Å². The summed E-state index contributed by atoms with van der Waals surface area (Å²) in [4.78, 5) is 23.4. The van der Waals surface area contributed by atoms with Crippen molar-refractivity contribution in [1.82, 2.24) is 25.1 Å². The number of nitrogens with zero attached hydrogens (tertiary/aromatic N) is 5. The Morgan fingerprint density at radius 1 is 1.35 bits per heavy atom. The minimum atomic E-state index is -0.132. The molecule has 9 heteroatoms. The van der Waals surface area contributed by atoms with Crippen molar-refractivity contribution in [2.75, 3.05) is 38.3 Å². The van der Waals surface area contributed by atoms with Crippen LogP contribution in [0.2, 0.25) is 0 Å². The first-order chi connectivity index (χ1) is 12.6. The van der Waals surface area contributed by atoms with Crippen LogP contribution in [-0.4, -0.2) is 64.3 Å². The number of hydrogen-bond acceptors (Lipinski definition) is 7. The minimum absolute atomic E-state index is 0.0658. The SMILES string of the molecule is COCC(=O)NCCn1ncc2c(N3CCCC3)nc(SC(C)C)nc21. The Balaban J connectivity index is 1.85. The number of anilines is 1. The van der Waals surface area contributed by atoms with Gasteiger partial charge in [-0.25, -0.2) is 14.6 Å². The second-order valence-corrected chi connectivity index (χ2v) is 8.12. The number of methoxy groups -OCH3 is 1. The van der Waals surface area contributed by atoms with Crippen LogP contribution in [0.5, 0.6) is 0 Å². The van der Waals surface area contributed by atoms with E-state index in [1.54, 1.807) is 11.8 Å². The molecule has 2 aromatic heterocycles. The fraction of sp³-hybridized carbons (Fsp3) is 0.647. The van der Waals surface area contributed by atoms with E-state index in [2.05, 4.69) is 29.2 Å². The Kier molecular flexibility index (Phi) is 6.31. The zero-order valence-electron chi connectivity index (χ0n) is 15.6. The lowest BCUT2D eigenvalue weighted by atomic mass is 10.3. The number of hydrogen-bond donors (Lipinski definition) is 1. The maximum Gasteiger partial charge on any atom is 0.246 e.